The van der Waals surface area contributed by atoms with E-state index in [-0.39, 0.29) is 6.08 Å². The van der Waals surface area contributed by atoms with Gasteiger partial charge in [0.05, 0.1) is 19.4 Å². The number of allylic oxidation sites excluding steroid dienone is 1. The van der Waals surface area contributed by atoms with Gasteiger partial charge in [0.25, 0.3) is 0 Å². The van der Waals surface area contributed by atoms with Crippen LogP contribution in [-0.2, 0) is 4.74 Å². The van der Waals surface area contributed by atoms with E-state index < -0.39 is 6.18 Å². The molecule has 0 heterocycles. The summed E-state index contributed by atoms with van der Waals surface area (Å²) in [4.78, 5) is 0. The van der Waals surface area contributed by atoms with Crippen LogP contribution in [0.1, 0.15) is 0 Å². The molecule has 0 radical (unpaired) electrons. The van der Waals surface area contributed by atoms with Crippen LogP contribution in [0.3, 0.4) is 0 Å². The summed E-state index contributed by atoms with van der Waals surface area (Å²) >= 11 is 0. The van der Waals surface area contributed by atoms with Crippen molar-refractivity contribution in [3.63, 3.8) is 0 Å². The number of alkyl halides is 3. The Bertz CT molecular complexity index is 83.8. The normalized spacial score (nSPS) is 12.5. The van der Waals surface area contributed by atoms with Gasteiger partial charge in [-0.05, 0) is 0 Å². The van der Waals surface area contributed by atoms with E-state index in [4.69, 9.17) is 0 Å². The van der Waals surface area contributed by atoms with E-state index in [0.717, 1.165) is 7.11 Å². The average molecular weight is 126 g/mol. The molecule has 0 aliphatic heterocycles. The van der Waals surface area contributed by atoms with E-state index in [1.54, 1.807) is 0 Å². The number of hydrogen-bond acceptors (Lipinski definition) is 1. The van der Waals surface area contributed by atoms with Gasteiger partial charge in [-0.2, -0.15) is 13.2 Å². The molecule has 0 aliphatic rings. The molecule has 0 N–H and O–H groups in total. The van der Waals surface area contributed by atoms with E-state index >= 15 is 0 Å². The largest absolute Gasteiger partial charge is 0.504 e. The first kappa shape index (κ1) is 7.33. The lowest BCUT2D eigenvalue weighted by Gasteiger charge is -1.94. The van der Waals surface area contributed by atoms with Crippen LogP contribution in [-0.4, -0.2) is 13.3 Å². The lowest BCUT2D eigenvalue weighted by Crippen LogP contribution is -2.00. The minimum absolute atomic E-state index is 0.0208. The highest BCUT2D eigenvalue weighted by Gasteiger charge is 2.21. The fourth-order valence-corrected chi connectivity index (χ4v) is 0.145. The average Bonchev–Trinajstić information content (AvgIpc) is 1.59. The van der Waals surface area contributed by atoms with E-state index in [1.807, 2.05) is 0 Å². The van der Waals surface area contributed by atoms with Crippen molar-refractivity contribution in [2.45, 2.75) is 6.18 Å². The molecule has 0 spiro atoms. The van der Waals surface area contributed by atoms with Gasteiger partial charge in [0, 0.05) is 0 Å². The summed E-state index contributed by atoms with van der Waals surface area (Å²) in [5.41, 5.74) is 0. The Morgan fingerprint density at radius 2 is 1.88 bits per heavy atom. The zero-order valence-electron chi connectivity index (χ0n) is 4.20. The minimum atomic E-state index is -4.25. The number of hydrogen-bond donors (Lipinski definition) is 0. The standard InChI is InChI=1S/C4H5F3O/c1-8-3-2-4(5,6)7/h2-3H,1H3/b3-2-. The maximum atomic E-state index is 11.1. The summed E-state index contributed by atoms with van der Waals surface area (Å²) < 4.78 is 37.2. The predicted octanol–water partition coefficient (Wildman–Crippen LogP) is 1.71. The summed E-state index contributed by atoms with van der Waals surface area (Å²) in [5.74, 6) is 0. The van der Waals surface area contributed by atoms with Crippen molar-refractivity contribution in [2.24, 2.45) is 0 Å². The molecule has 0 rings (SSSR count). The quantitative estimate of drug-likeness (QED) is 0.486. The lowest BCUT2D eigenvalue weighted by atomic mass is 10.6. The monoisotopic (exact) mass is 126 g/mol. The van der Waals surface area contributed by atoms with Gasteiger partial charge in [-0.1, -0.05) is 0 Å². The molecule has 48 valence electrons. The van der Waals surface area contributed by atoms with Crippen LogP contribution in [0.2, 0.25) is 0 Å². The van der Waals surface area contributed by atoms with Gasteiger partial charge in [-0.25, -0.2) is 0 Å². The van der Waals surface area contributed by atoms with Crippen molar-refractivity contribution in [3.05, 3.63) is 12.3 Å². The van der Waals surface area contributed by atoms with Crippen LogP contribution in [0, 0.1) is 0 Å². The number of rotatable bonds is 1. The third-order valence-corrected chi connectivity index (χ3v) is 0.393. The Labute approximate surface area is 44.8 Å². The molecule has 0 amide bonds. The molecule has 8 heavy (non-hydrogen) atoms. The van der Waals surface area contributed by atoms with Gasteiger partial charge in [-0.15, -0.1) is 0 Å². The van der Waals surface area contributed by atoms with Gasteiger partial charge < -0.3 is 4.74 Å². The molecule has 0 aromatic carbocycles. The Hall–Kier alpha value is -0.670. The Morgan fingerprint density at radius 1 is 1.38 bits per heavy atom. The van der Waals surface area contributed by atoms with Gasteiger partial charge in [0.1, 0.15) is 0 Å². The Morgan fingerprint density at radius 3 is 2.00 bits per heavy atom. The molecule has 0 atom stereocenters. The molecule has 0 saturated carbocycles. The van der Waals surface area contributed by atoms with Crippen molar-refractivity contribution < 1.29 is 17.9 Å². The smallest absolute Gasteiger partial charge is 0.412 e. The van der Waals surface area contributed by atoms with Gasteiger partial charge in [0.15, 0.2) is 0 Å². The minimum Gasteiger partial charge on any atom is -0.504 e. The second-order valence-electron chi connectivity index (χ2n) is 1.08. The number of ether oxygens (including phenoxy) is 1. The first-order valence-electron chi connectivity index (χ1n) is 1.83. The highest BCUT2D eigenvalue weighted by molar-refractivity contribution is 4.81. The molecule has 0 bridgehead atoms. The zero-order chi connectivity index (χ0) is 6.62. The van der Waals surface area contributed by atoms with Crippen molar-refractivity contribution in [1.29, 1.82) is 0 Å². The van der Waals surface area contributed by atoms with Crippen LogP contribution in [0.4, 0.5) is 13.2 Å². The van der Waals surface area contributed by atoms with Gasteiger partial charge in [0.2, 0.25) is 0 Å². The van der Waals surface area contributed by atoms with Crippen molar-refractivity contribution >= 4 is 0 Å². The van der Waals surface area contributed by atoms with E-state index in [2.05, 4.69) is 4.74 Å². The van der Waals surface area contributed by atoms with Gasteiger partial charge >= 0.3 is 6.18 Å². The van der Waals surface area contributed by atoms with Crippen LogP contribution in [0.15, 0.2) is 12.3 Å². The van der Waals surface area contributed by atoms with E-state index in [1.165, 1.54) is 0 Å². The zero-order valence-corrected chi connectivity index (χ0v) is 4.20. The summed E-state index contributed by atoms with van der Waals surface area (Å²) in [6.07, 6.45) is -3.65. The van der Waals surface area contributed by atoms with Crippen LogP contribution >= 0.6 is 0 Å². The maximum Gasteiger partial charge on any atom is 0.412 e. The molecule has 0 saturated heterocycles. The molecule has 0 fully saturated rings. The fraction of sp³-hybridized carbons (Fsp3) is 0.500. The third-order valence-electron chi connectivity index (χ3n) is 0.393. The van der Waals surface area contributed by atoms with E-state index in [0.29, 0.717) is 6.26 Å². The topological polar surface area (TPSA) is 9.23 Å². The first-order chi connectivity index (χ1) is 3.56. The Balaban J connectivity index is 3.52. The molecular weight excluding hydrogens is 121 g/mol. The SMILES string of the molecule is CO/C=C\C(F)(F)F. The van der Waals surface area contributed by atoms with Crippen molar-refractivity contribution in [3.8, 4) is 0 Å². The highest BCUT2D eigenvalue weighted by atomic mass is 19.4. The van der Waals surface area contributed by atoms with Crippen LogP contribution in [0.5, 0.6) is 0 Å². The summed E-state index contributed by atoms with van der Waals surface area (Å²) in [7, 11) is 1.16. The first-order valence-corrected chi connectivity index (χ1v) is 1.83. The molecule has 0 aromatic rings. The molecule has 4 heteroatoms. The van der Waals surface area contributed by atoms with Crippen LogP contribution < -0.4 is 0 Å². The van der Waals surface area contributed by atoms with Crippen LogP contribution in [0.25, 0.3) is 0 Å². The van der Waals surface area contributed by atoms with Crippen molar-refractivity contribution in [2.75, 3.05) is 7.11 Å². The Kier molecular flexibility index (Phi) is 2.37. The van der Waals surface area contributed by atoms with Crippen molar-refractivity contribution in [1.82, 2.24) is 0 Å². The third kappa shape index (κ3) is 5.33. The van der Waals surface area contributed by atoms with E-state index in [9.17, 15) is 13.2 Å². The second kappa shape index (κ2) is 2.59. The molecule has 0 unspecified atom stereocenters. The second-order valence-corrected chi connectivity index (χ2v) is 1.08. The number of methoxy groups -OCH3 is 1. The van der Waals surface area contributed by atoms with Gasteiger partial charge in [-0.3, -0.25) is 0 Å². The highest BCUT2D eigenvalue weighted by Crippen LogP contribution is 2.15. The molecule has 0 aromatic heterocycles. The summed E-state index contributed by atoms with van der Waals surface area (Å²) in [6, 6.07) is 0. The predicted molar refractivity (Wildman–Crippen MR) is 22.2 cm³/mol. The molecular formula is C4H5F3O. The molecule has 0 aliphatic carbocycles. The fourth-order valence-electron chi connectivity index (χ4n) is 0.145. The summed E-state index contributed by atoms with van der Waals surface area (Å²) in [6.45, 7) is 0. The lowest BCUT2D eigenvalue weighted by molar-refractivity contribution is -0.0813. The molecule has 1 nitrogen and oxygen atoms in total. The maximum absolute atomic E-state index is 11.1. The number of halogens is 3. The summed E-state index contributed by atoms with van der Waals surface area (Å²) in [5, 5.41) is 0.